The molecule has 0 bridgehead atoms. The second-order valence-electron chi connectivity index (χ2n) is 5.85. The number of hydrogen-bond acceptors (Lipinski definition) is 2. The SMILES string of the molecule is C=CCCCN1CCC(CC(/C=C/F)=C(/C=C)CN=C)CC1. The second-order valence-corrected chi connectivity index (χ2v) is 5.85. The first-order valence-electron chi connectivity index (χ1n) is 8.12. The van der Waals surface area contributed by atoms with Crippen molar-refractivity contribution in [1.29, 1.82) is 0 Å². The summed E-state index contributed by atoms with van der Waals surface area (Å²) in [5.74, 6) is 0.613. The summed E-state index contributed by atoms with van der Waals surface area (Å²) in [6, 6.07) is 0. The van der Waals surface area contributed by atoms with Gasteiger partial charge in [0.1, 0.15) is 0 Å². The third-order valence-electron chi connectivity index (χ3n) is 4.30. The number of rotatable bonds is 10. The molecule has 1 aliphatic heterocycles. The van der Waals surface area contributed by atoms with Crippen molar-refractivity contribution in [3.05, 3.63) is 48.9 Å². The Kier molecular flexibility index (Phi) is 9.40. The summed E-state index contributed by atoms with van der Waals surface area (Å²) in [6.07, 6.45) is 11.4. The monoisotopic (exact) mass is 304 g/mol. The molecule has 1 rings (SSSR count). The zero-order chi connectivity index (χ0) is 16.2. The highest BCUT2D eigenvalue weighted by Gasteiger charge is 2.20. The minimum Gasteiger partial charge on any atom is -0.303 e. The summed E-state index contributed by atoms with van der Waals surface area (Å²) in [4.78, 5) is 6.43. The van der Waals surface area contributed by atoms with Crippen LogP contribution in [0, 0.1) is 5.92 Å². The molecular formula is C19H29FN2. The normalized spacial score (nSPS) is 18.2. The molecule has 122 valence electrons. The molecular weight excluding hydrogens is 275 g/mol. The summed E-state index contributed by atoms with van der Waals surface area (Å²) in [5, 5.41) is 0. The van der Waals surface area contributed by atoms with Gasteiger partial charge in [-0.05, 0) is 81.6 Å². The van der Waals surface area contributed by atoms with Crippen LogP contribution in [0.25, 0.3) is 0 Å². The molecule has 0 aromatic carbocycles. The van der Waals surface area contributed by atoms with Gasteiger partial charge in [-0.25, -0.2) is 4.39 Å². The maximum Gasteiger partial charge on any atom is 0.0869 e. The zero-order valence-corrected chi connectivity index (χ0v) is 13.6. The van der Waals surface area contributed by atoms with E-state index >= 15 is 0 Å². The number of unbranched alkanes of at least 4 members (excludes halogenated alkanes) is 1. The number of piperidine rings is 1. The minimum atomic E-state index is 0.504. The molecule has 0 aliphatic carbocycles. The Bertz CT molecular complexity index is 415. The Hall–Kier alpha value is -1.48. The van der Waals surface area contributed by atoms with Gasteiger partial charge in [0.05, 0.1) is 12.9 Å². The van der Waals surface area contributed by atoms with Crippen molar-refractivity contribution in [3.63, 3.8) is 0 Å². The number of hydrogen-bond donors (Lipinski definition) is 0. The van der Waals surface area contributed by atoms with Gasteiger partial charge in [0.15, 0.2) is 0 Å². The van der Waals surface area contributed by atoms with Crippen molar-refractivity contribution in [2.75, 3.05) is 26.2 Å². The highest BCUT2D eigenvalue weighted by atomic mass is 19.1. The number of likely N-dealkylation sites (tertiary alicyclic amines) is 1. The Balaban J connectivity index is 2.53. The fourth-order valence-electron chi connectivity index (χ4n) is 2.98. The lowest BCUT2D eigenvalue weighted by Gasteiger charge is -2.32. The maximum absolute atomic E-state index is 12.7. The van der Waals surface area contributed by atoms with Gasteiger partial charge in [-0.15, -0.1) is 6.58 Å². The lowest BCUT2D eigenvalue weighted by Crippen LogP contribution is -2.34. The number of aliphatic imine (C=N–C) groups is 1. The predicted octanol–water partition coefficient (Wildman–Crippen LogP) is 4.72. The predicted molar refractivity (Wildman–Crippen MR) is 95.1 cm³/mol. The summed E-state index contributed by atoms with van der Waals surface area (Å²) < 4.78 is 12.7. The molecule has 1 fully saturated rings. The molecule has 3 heteroatoms. The average Bonchev–Trinajstić information content (AvgIpc) is 2.54. The van der Waals surface area contributed by atoms with E-state index in [4.69, 9.17) is 0 Å². The Morgan fingerprint density at radius 2 is 1.95 bits per heavy atom. The molecule has 0 unspecified atom stereocenters. The highest BCUT2D eigenvalue weighted by molar-refractivity contribution is 5.35. The van der Waals surface area contributed by atoms with Gasteiger partial charge >= 0.3 is 0 Å². The van der Waals surface area contributed by atoms with Gasteiger partial charge in [-0.2, -0.15) is 0 Å². The van der Waals surface area contributed by atoms with Crippen molar-refractivity contribution in [2.24, 2.45) is 10.9 Å². The summed E-state index contributed by atoms with van der Waals surface area (Å²) in [5.41, 5.74) is 1.99. The van der Waals surface area contributed by atoms with Crippen molar-refractivity contribution in [1.82, 2.24) is 4.90 Å². The third kappa shape index (κ3) is 6.52. The van der Waals surface area contributed by atoms with Crippen LogP contribution in [-0.2, 0) is 0 Å². The Morgan fingerprint density at radius 3 is 2.50 bits per heavy atom. The fourth-order valence-corrected chi connectivity index (χ4v) is 2.98. The van der Waals surface area contributed by atoms with E-state index < -0.39 is 0 Å². The number of nitrogens with zero attached hydrogens (tertiary/aromatic N) is 2. The van der Waals surface area contributed by atoms with Crippen LogP contribution in [0.5, 0.6) is 0 Å². The first-order valence-corrected chi connectivity index (χ1v) is 8.12. The van der Waals surface area contributed by atoms with E-state index in [0.717, 1.165) is 43.6 Å². The van der Waals surface area contributed by atoms with Gasteiger partial charge in [0, 0.05) is 0 Å². The van der Waals surface area contributed by atoms with Crippen LogP contribution in [0.15, 0.2) is 53.9 Å². The van der Waals surface area contributed by atoms with Gasteiger partial charge in [0.25, 0.3) is 0 Å². The molecule has 0 amide bonds. The Labute approximate surface area is 134 Å². The Morgan fingerprint density at radius 1 is 1.23 bits per heavy atom. The first-order chi connectivity index (χ1) is 10.7. The molecule has 2 nitrogen and oxygen atoms in total. The molecule has 22 heavy (non-hydrogen) atoms. The largest absolute Gasteiger partial charge is 0.303 e. The van der Waals surface area contributed by atoms with Gasteiger partial charge in [-0.3, -0.25) is 4.99 Å². The van der Waals surface area contributed by atoms with Crippen molar-refractivity contribution in [2.45, 2.75) is 32.1 Å². The molecule has 0 aromatic rings. The van der Waals surface area contributed by atoms with Crippen molar-refractivity contribution < 1.29 is 4.39 Å². The molecule has 0 spiro atoms. The van der Waals surface area contributed by atoms with Crippen LogP contribution in [-0.4, -0.2) is 37.8 Å². The van der Waals surface area contributed by atoms with E-state index in [1.54, 1.807) is 12.2 Å². The van der Waals surface area contributed by atoms with E-state index in [9.17, 15) is 4.39 Å². The van der Waals surface area contributed by atoms with Crippen LogP contribution in [0.1, 0.15) is 32.1 Å². The molecule has 0 atom stereocenters. The van der Waals surface area contributed by atoms with E-state index in [1.165, 1.54) is 19.3 Å². The number of allylic oxidation sites excluding steroid dienone is 3. The van der Waals surface area contributed by atoms with Crippen LogP contribution in [0.3, 0.4) is 0 Å². The first kappa shape index (κ1) is 18.6. The topological polar surface area (TPSA) is 15.6 Å². The van der Waals surface area contributed by atoms with Gasteiger partial charge in [-0.1, -0.05) is 18.7 Å². The third-order valence-corrected chi connectivity index (χ3v) is 4.30. The average molecular weight is 304 g/mol. The van der Waals surface area contributed by atoms with Crippen molar-refractivity contribution in [3.8, 4) is 0 Å². The second kappa shape index (κ2) is 11.1. The fraction of sp³-hybridized carbons (Fsp3) is 0.526. The van der Waals surface area contributed by atoms with E-state index in [2.05, 4.69) is 29.8 Å². The van der Waals surface area contributed by atoms with Crippen LogP contribution >= 0.6 is 0 Å². The van der Waals surface area contributed by atoms with E-state index in [0.29, 0.717) is 18.8 Å². The molecule has 0 N–H and O–H groups in total. The standard InChI is InChI=1S/C19H29FN2/c1-4-6-7-12-22-13-9-17(10-14-22)15-19(8-11-20)18(5-2)16-21-3/h4-5,8,11,17H,1-3,6-7,9-10,12-16H2/b11-8+,19-18-. The molecule has 0 saturated carbocycles. The van der Waals surface area contributed by atoms with E-state index in [-0.39, 0.29) is 0 Å². The van der Waals surface area contributed by atoms with Crippen LogP contribution < -0.4 is 0 Å². The minimum absolute atomic E-state index is 0.504. The van der Waals surface area contributed by atoms with Gasteiger partial charge < -0.3 is 4.90 Å². The van der Waals surface area contributed by atoms with Crippen LogP contribution in [0.2, 0.25) is 0 Å². The van der Waals surface area contributed by atoms with E-state index in [1.807, 2.05) is 6.08 Å². The lowest BCUT2D eigenvalue weighted by molar-refractivity contribution is 0.183. The van der Waals surface area contributed by atoms with Gasteiger partial charge in [0.2, 0.25) is 0 Å². The molecule has 1 heterocycles. The smallest absolute Gasteiger partial charge is 0.0869 e. The summed E-state index contributed by atoms with van der Waals surface area (Å²) >= 11 is 0. The van der Waals surface area contributed by atoms with Crippen molar-refractivity contribution >= 4 is 6.72 Å². The quantitative estimate of drug-likeness (QED) is 0.247. The molecule has 0 aromatic heterocycles. The summed E-state index contributed by atoms with van der Waals surface area (Å²) in [6.45, 7) is 15.0. The summed E-state index contributed by atoms with van der Waals surface area (Å²) in [7, 11) is 0. The highest BCUT2D eigenvalue weighted by Crippen LogP contribution is 2.27. The molecule has 0 radical (unpaired) electrons. The molecule has 1 aliphatic rings. The lowest BCUT2D eigenvalue weighted by atomic mass is 9.88. The van der Waals surface area contributed by atoms with Crippen LogP contribution in [0.4, 0.5) is 4.39 Å². The molecule has 1 saturated heterocycles. The maximum atomic E-state index is 12.7. The number of halogens is 1. The zero-order valence-electron chi connectivity index (χ0n) is 13.6.